The van der Waals surface area contributed by atoms with Crippen LogP contribution < -0.4 is 10.6 Å². The van der Waals surface area contributed by atoms with Crippen molar-refractivity contribution in [1.82, 2.24) is 15.5 Å². The first kappa shape index (κ1) is 16.5. The van der Waals surface area contributed by atoms with Crippen molar-refractivity contribution in [3.05, 3.63) is 21.9 Å². The summed E-state index contributed by atoms with van der Waals surface area (Å²) in [5.41, 5.74) is 0. The molecule has 112 valence electrons. The van der Waals surface area contributed by atoms with Crippen LogP contribution in [0.15, 0.2) is 17.1 Å². The maximum Gasteiger partial charge on any atom is 0.243 e. The lowest BCUT2D eigenvalue weighted by Gasteiger charge is -2.15. The number of nitrogens with one attached hydrogen (secondary N) is 2. The smallest absolute Gasteiger partial charge is 0.243 e. The van der Waals surface area contributed by atoms with Crippen molar-refractivity contribution in [3.63, 3.8) is 0 Å². The highest BCUT2D eigenvalue weighted by Gasteiger charge is 2.06. The molecule has 0 aliphatic rings. The molecular formula is C14H24N4OS. The minimum atomic E-state index is -0.0122. The highest BCUT2D eigenvalue weighted by Crippen LogP contribution is 2.14. The minimum absolute atomic E-state index is 0.0122. The molecule has 0 unspecified atom stereocenters. The molecular weight excluding hydrogens is 272 g/mol. The summed E-state index contributed by atoms with van der Waals surface area (Å²) in [6.45, 7) is 7.04. The number of rotatable bonds is 5. The Labute approximate surface area is 125 Å². The van der Waals surface area contributed by atoms with Crippen molar-refractivity contribution >= 4 is 23.2 Å². The van der Waals surface area contributed by atoms with E-state index < -0.39 is 0 Å². The molecule has 20 heavy (non-hydrogen) atoms. The zero-order valence-electron chi connectivity index (χ0n) is 12.9. The molecule has 1 aromatic heterocycles. The fourth-order valence-electron chi connectivity index (χ4n) is 1.47. The molecule has 0 spiro atoms. The zero-order chi connectivity index (χ0) is 15.1. The first-order valence-electron chi connectivity index (χ1n) is 6.68. The Morgan fingerprint density at radius 2 is 2.10 bits per heavy atom. The van der Waals surface area contributed by atoms with Crippen LogP contribution >= 0.6 is 11.3 Å². The second-order valence-electron chi connectivity index (χ2n) is 5.12. The summed E-state index contributed by atoms with van der Waals surface area (Å²) in [7, 11) is 3.46. The first-order chi connectivity index (χ1) is 9.38. The van der Waals surface area contributed by atoms with Crippen LogP contribution in [0.25, 0.3) is 0 Å². The van der Waals surface area contributed by atoms with Gasteiger partial charge < -0.3 is 15.5 Å². The number of carbonyl (C=O) groups excluding carboxylic acids is 1. The van der Waals surface area contributed by atoms with Gasteiger partial charge >= 0.3 is 0 Å². The average molecular weight is 296 g/mol. The lowest BCUT2D eigenvalue weighted by atomic mass is 10.4. The topological polar surface area (TPSA) is 56.7 Å². The van der Waals surface area contributed by atoms with Crippen LogP contribution in [0.4, 0.5) is 0 Å². The Morgan fingerprint density at radius 3 is 2.60 bits per heavy atom. The molecule has 1 amide bonds. The molecule has 5 nitrogen and oxygen atoms in total. The van der Waals surface area contributed by atoms with E-state index in [4.69, 9.17) is 0 Å². The molecule has 1 heterocycles. The van der Waals surface area contributed by atoms with Crippen LogP contribution in [0.5, 0.6) is 0 Å². The molecule has 0 saturated carbocycles. The Bertz CT molecular complexity index is 465. The van der Waals surface area contributed by atoms with Gasteiger partial charge in [-0.1, -0.05) is 0 Å². The molecule has 0 fully saturated rings. The Hall–Kier alpha value is -1.56. The Morgan fingerprint density at radius 1 is 1.40 bits per heavy atom. The van der Waals surface area contributed by atoms with Gasteiger partial charge in [-0.15, -0.1) is 11.3 Å². The van der Waals surface area contributed by atoms with Crippen molar-refractivity contribution in [3.8, 4) is 0 Å². The number of hydrogen-bond acceptors (Lipinski definition) is 3. The maximum absolute atomic E-state index is 11.6. The summed E-state index contributed by atoms with van der Waals surface area (Å²) in [5.74, 6) is 0.656. The molecule has 2 N–H and O–H groups in total. The van der Waals surface area contributed by atoms with E-state index in [2.05, 4.69) is 34.7 Å². The lowest BCUT2D eigenvalue weighted by Crippen LogP contribution is -2.41. The third-order valence-corrected chi connectivity index (χ3v) is 3.52. The van der Waals surface area contributed by atoms with E-state index in [0.29, 0.717) is 12.5 Å². The Kier molecular flexibility index (Phi) is 6.51. The summed E-state index contributed by atoms with van der Waals surface area (Å²) in [6.07, 6.45) is 0. The van der Waals surface area contributed by atoms with Gasteiger partial charge in [0.05, 0.1) is 6.54 Å². The minimum Gasteiger partial charge on any atom is -0.354 e. The van der Waals surface area contributed by atoms with E-state index >= 15 is 0 Å². The molecule has 1 aromatic rings. The highest BCUT2D eigenvalue weighted by atomic mass is 32.1. The lowest BCUT2D eigenvalue weighted by molar-refractivity contribution is -0.127. The zero-order valence-corrected chi connectivity index (χ0v) is 13.7. The first-order valence-corrected chi connectivity index (χ1v) is 7.50. The fourth-order valence-corrected chi connectivity index (χ4v) is 2.30. The van der Waals surface area contributed by atoms with E-state index in [9.17, 15) is 4.79 Å². The summed E-state index contributed by atoms with van der Waals surface area (Å²) in [5, 5.41) is 6.48. The van der Waals surface area contributed by atoms with Gasteiger partial charge in [0.2, 0.25) is 5.91 Å². The summed E-state index contributed by atoms with van der Waals surface area (Å²) in [4.78, 5) is 20.0. The van der Waals surface area contributed by atoms with E-state index in [-0.39, 0.29) is 18.5 Å². The van der Waals surface area contributed by atoms with E-state index in [0.717, 1.165) is 0 Å². The number of amides is 1. The SMILES string of the molecule is Cc1ccc(CNC(=NCC(=O)N(C)C)NC(C)C)s1. The monoisotopic (exact) mass is 296 g/mol. The predicted octanol–water partition coefficient (Wildman–Crippen LogP) is 1.59. The molecule has 1 rings (SSSR count). The highest BCUT2D eigenvalue weighted by molar-refractivity contribution is 7.11. The summed E-state index contributed by atoms with van der Waals surface area (Å²) >= 11 is 1.76. The van der Waals surface area contributed by atoms with Crippen LogP contribution in [-0.2, 0) is 11.3 Å². The molecule has 6 heteroatoms. The van der Waals surface area contributed by atoms with Gasteiger partial charge in [-0.3, -0.25) is 4.79 Å². The number of carbonyl (C=O) groups is 1. The summed E-state index contributed by atoms with van der Waals surface area (Å²) < 4.78 is 0. The van der Waals surface area contributed by atoms with Crippen molar-refractivity contribution in [1.29, 1.82) is 0 Å². The second kappa shape index (κ2) is 7.89. The van der Waals surface area contributed by atoms with Crippen molar-refractivity contribution in [2.75, 3.05) is 20.6 Å². The molecule has 0 radical (unpaired) electrons. The number of guanidine groups is 1. The molecule has 0 atom stereocenters. The van der Waals surface area contributed by atoms with Gasteiger partial charge in [0.25, 0.3) is 0 Å². The van der Waals surface area contributed by atoms with E-state index in [1.54, 1.807) is 30.3 Å². The third kappa shape index (κ3) is 6.06. The number of aliphatic imine (C=N–C) groups is 1. The Balaban J connectivity index is 2.59. The van der Waals surface area contributed by atoms with Gasteiger partial charge in [0.15, 0.2) is 5.96 Å². The van der Waals surface area contributed by atoms with E-state index in [1.807, 2.05) is 13.8 Å². The fraction of sp³-hybridized carbons (Fsp3) is 0.571. The van der Waals surface area contributed by atoms with Crippen LogP contribution in [0, 0.1) is 6.92 Å². The molecule has 0 bridgehead atoms. The number of aryl methyl sites for hydroxylation is 1. The van der Waals surface area contributed by atoms with Crippen molar-refractivity contribution < 1.29 is 4.79 Å². The van der Waals surface area contributed by atoms with Crippen molar-refractivity contribution in [2.45, 2.75) is 33.4 Å². The number of likely N-dealkylation sites (N-methyl/N-ethyl adjacent to an activating group) is 1. The van der Waals surface area contributed by atoms with Gasteiger partial charge in [-0.2, -0.15) is 0 Å². The number of thiophene rings is 1. The standard InChI is InChI=1S/C14H24N4OS/c1-10(2)17-14(16-9-13(19)18(4)5)15-8-12-7-6-11(3)20-12/h6-7,10H,8-9H2,1-5H3,(H2,15,16,17). The predicted molar refractivity (Wildman–Crippen MR) is 85.2 cm³/mol. The number of nitrogens with zero attached hydrogens (tertiary/aromatic N) is 2. The molecule has 0 saturated heterocycles. The van der Waals surface area contributed by atoms with Gasteiger partial charge in [0.1, 0.15) is 6.54 Å². The molecule has 0 aliphatic carbocycles. The average Bonchev–Trinajstić information content (AvgIpc) is 2.77. The van der Waals surface area contributed by atoms with Crippen LogP contribution in [0.2, 0.25) is 0 Å². The normalized spacial score (nSPS) is 11.6. The third-order valence-electron chi connectivity index (χ3n) is 2.52. The van der Waals surface area contributed by atoms with Crippen LogP contribution in [-0.4, -0.2) is 43.4 Å². The van der Waals surface area contributed by atoms with Gasteiger partial charge in [-0.05, 0) is 32.9 Å². The quantitative estimate of drug-likeness (QED) is 0.641. The number of hydrogen-bond donors (Lipinski definition) is 2. The second-order valence-corrected chi connectivity index (χ2v) is 6.49. The van der Waals surface area contributed by atoms with Crippen molar-refractivity contribution in [2.24, 2.45) is 4.99 Å². The largest absolute Gasteiger partial charge is 0.354 e. The van der Waals surface area contributed by atoms with Gasteiger partial charge in [-0.25, -0.2) is 4.99 Å². The molecule has 0 aromatic carbocycles. The summed E-state index contributed by atoms with van der Waals surface area (Å²) in [6, 6.07) is 4.47. The van der Waals surface area contributed by atoms with E-state index in [1.165, 1.54) is 9.75 Å². The van der Waals surface area contributed by atoms with Gasteiger partial charge in [0, 0.05) is 29.9 Å². The maximum atomic E-state index is 11.6. The van der Waals surface area contributed by atoms with Crippen LogP contribution in [0.1, 0.15) is 23.6 Å². The molecule has 0 aliphatic heterocycles. The van der Waals surface area contributed by atoms with Crippen LogP contribution in [0.3, 0.4) is 0 Å².